The number of rotatable bonds is 9. The number of carbonyl (C=O) groups is 2. The fourth-order valence-corrected chi connectivity index (χ4v) is 3.27. The van der Waals surface area contributed by atoms with E-state index in [0.717, 1.165) is 37.1 Å². The highest BCUT2D eigenvalue weighted by Crippen LogP contribution is 2.40. The van der Waals surface area contributed by atoms with Gasteiger partial charge in [-0.25, -0.2) is 0 Å². The lowest BCUT2D eigenvalue weighted by atomic mass is 10.1. The third-order valence-electron chi connectivity index (χ3n) is 4.89. The summed E-state index contributed by atoms with van der Waals surface area (Å²) in [5.41, 5.74) is 0.915. The summed E-state index contributed by atoms with van der Waals surface area (Å²) in [6.45, 7) is 5.92. The quantitative estimate of drug-likeness (QED) is 0.633. The summed E-state index contributed by atoms with van der Waals surface area (Å²) >= 11 is 0. The predicted octanol–water partition coefficient (Wildman–Crippen LogP) is 2.79. The monoisotopic (exact) mass is 361 g/mol. The Morgan fingerprint density at radius 1 is 1.23 bits per heavy atom. The number of fused-ring (bicyclic) bond motifs is 1. The lowest BCUT2D eigenvalue weighted by Gasteiger charge is -2.23. The van der Waals surface area contributed by atoms with Crippen molar-refractivity contribution in [1.29, 1.82) is 0 Å². The molecule has 26 heavy (non-hydrogen) atoms. The van der Waals surface area contributed by atoms with E-state index in [4.69, 9.17) is 14.2 Å². The van der Waals surface area contributed by atoms with Crippen molar-refractivity contribution in [2.24, 2.45) is 11.8 Å². The Morgan fingerprint density at radius 3 is 2.81 bits per heavy atom. The minimum atomic E-state index is -0.129. The third-order valence-corrected chi connectivity index (χ3v) is 4.89. The van der Waals surface area contributed by atoms with E-state index in [-0.39, 0.29) is 30.5 Å². The number of amides is 1. The van der Waals surface area contributed by atoms with Gasteiger partial charge in [-0.05, 0) is 43.4 Å². The first-order valence-electron chi connectivity index (χ1n) is 9.45. The van der Waals surface area contributed by atoms with Crippen LogP contribution in [0.4, 0.5) is 0 Å². The van der Waals surface area contributed by atoms with Crippen LogP contribution in [0.5, 0.6) is 11.5 Å². The van der Waals surface area contributed by atoms with Crippen LogP contribution >= 0.6 is 0 Å². The first kappa shape index (κ1) is 18.5. The number of nitrogens with zero attached hydrogens (tertiary/aromatic N) is 1. The maximum Gasteiger partial charge on any atom is 0.309 e. The molecule has 1 aromatic rings. The molecule has 0 radical (unpaired) electrons. The normalized spacial score (nSPS) is 19.9. The Hall–Kier alpha value is -2.24. The lowest BCUT2D eigenvalue weighted by Crippen LogP contribution is -2.35. The number of hydrogen-bond donors (Lipinski definition) is 0. The van der Waals surface area contributed by atoms with Gasteiger partial charge in [-0.2, -0.15) is 0 Å². The van der Waals surface area contributed by atoms with Gasteiger partial charge in [0.1, 0.15) is 0 Å². The maximum absolute atomic E-state index is 12.8. The average Bonchev–Trinajstić information content (AvgIpc) is 3.25. The van der Waals surface area contributed by atoms with Gasteiger partial charge in [0.05, 0.1) is 18.9 Å². The summed E-state index contributed by atoms with van der Waals surface area (Å²) in [5, 5.41) is 0. The number of hydrogen-bond acceptors (Lipinski definition) is 5. The predicted molar refractivity (Wildman–Crippen MR) is 96.0 cm³/mol. The molecule has 0 aromatic heterocycles. The molecular formula is C20H27NO5. The van der Waals surface area contributed by atoms with Crippen molar-refractivity contribution in [3.8, 4) is 11.5 Å². The van der Waals surface area contributed by atoms with E-state index in [1.165, 1.54) is 0 Å². The molecular weight excluding hydrogens is 334 g/mol. The Kier molecular flexibility index (Phi) is 6.01. The van der Waals surface area contributed by atoms with Crippen LogP contribution in [0.25, 0.3) is 0 Å². The van der Waals surface area contributed by atoms with E-state index in [1.54, 1.807) is 0 Å². The number of carbonyl (C=O) groups excluding carboxylic acids is 2. The van der Waals surface area contributed by atoms with Crippen LogP contribution < -0.4 is 9.47 Å². The Labute approximate surface area is 154 Å². The molecule has 2 unspecified atom stereocenters. The number of ether oxygens (including phenoxy) is 3. The smallest absolute Gasteiger partial charge is 0.309 e. The average molecular weight is 361 g/mol. The van der Waals surface area contributed by atoms with Gasteiger partial charge in [-0.3, -0.25) is 9.59 Å². The van der Waals surface area contributed by atoms with Crippen LogP contribution in [0.1, 0.15) is 38.7 Å². The molecule has 2 atom stereocenters. The summed E-state index contributed by atoms with van der Waals surface area (Å²) in [6, 6.07) is 5.62. The highest BCUT2D eigenvalue weighted by molar-refractivity contribution is 5.80. The summed E-state index contributed by atoms with van der Waals surface area (Å²) in [4.78, 5) is 26.6. The second-order valence-corrected chi connectivity index (χ2v) is 6.91. The maximum atomic E-state index is 12.8. The molecule has 0 bridgehead atoms. The molecule has 0 saturated heterocycles. The van der Waals surface area contributed by atoms with Crippen LogP contribution in [0, 0.1) is 11.8 Å². The van der Waals surface area contributed by atoms with Gasteiger partial charge in [-0.1, -0.05) is 19.4 Å². The zero-order valence-corrected chi connectivity index (χ0v) is 15.5. The van der Waals surface area contributed by atoms with Gasteiger partial charge < -0.3 is 19.1 Å². The van der Waals surface area contributed by atoms with Gasteiger partial charge in [-0.15, -0.1) is 0 Å². The molecule has 3 rings (SSSR count). The van der Waals surface area contributed by atoms with Crippen LogP contribution in [-0.2, 0) is 20.7 Å². The SMILES string of the molecule is CCCCN(CC1CC1C(=O)OCC)C(=O)Cc1ccc2c(c1)OCO2. The third kappa shape index (κ3) is 4.48. The highest BCUT2D eigenvalue weighted by Gasteiger charge is 2.45. The van der Waals surface area contributed by atoms with Gasteiger partial charge in [0.25, 0.3) is 0 Å². The number of esters is 1. The van der Waals surface area contributed by atoms with Crippen LogP contribution in [-0.4, -0.2) is 43.3 Å². The second kappa shape index (κ2) is 8.43. The fourth-order valence-electron chi connectivity index (χ4n) is 3.27. The van der Waals surface area contributed by atoms with E-state index < -0.39 is 0 Å². The molecule has 142 valence electrons. The van der Waals surface area contributed by atoms with Crippen molar-refractivity contribution in [3.05, 3.63) is 23.8 Å². The molecule has 1 aliphatic carbocycles. The number of unbranched alkanes of at least 4 members (excludes halogenated alkanes) is 1. The van der Waals surface area contributed by atoms with Crippen molar-refractivity contribution in [2.75, 3.05) is 26.5 Å². The Morgan fingerprint density at radius 2 is 2.04 bits per heavy atom. The second-order valence-electron chi connectivity index (χ2n) is 6.91. The minimum absolute atomic E-state index is 0.0441. The van der Waals surface area contributed by atoms with Gasteiger partial charge in [0.2, 0.25) is 12.7 Å². The van der Waals surface area contributed by atoms with Crippen LogP contribution in [0.2, 0.25) is 0 Å². The summed E-state index contributed by atoms with van der Waals surface area (Å²) in [6.07, 6.45) is 3.14. The number of benzene rings is 1. The Balaban J connectivity index is 1.58. The molecule has 1 fully saturated rings. The fraction of sp³-hybridized carbons (Fsp3) is 0.600. The summed E-state index contributed by atoms with van der Waals surface area (Å²) in [5.74, 6) is 1.56. The van der Waals surface area contributed by atoms with Crippen molar-refractivity contribution < 1.29 is 23.8 Å². The first-order chi connectivity index (χ1) is 12.6. The summed E-state index contributed by atoms with van der Waals surface area (Å²) < 4.78 is 15.8. The lowest BCUT2D eigenvalue weighted by molar-refractivity contribution is -0.145. The van der Waals surface area contributed by atoms with E-state index in [2.05, 4.69) is 6.92 Å². The molecule has 1 amide bonds. The van der Waals surface area contributed by atoms with Crippen LogP contribution in [0.3, 0.4) is 0 Å². The van der Waals surface area contributed by atoms with Crippen molar-refractivity contribution in [1.82, 2.24) is 4.90 Å². The largest absolute Gasteiger partial charge is 0.466 e. The molecule has 0 spiro atoms. The van der Waals surface area contributed by atoms with E-state index in [0.29, 0.717) is 25.3 Å². The topological polar surface area (TPSA) is 65.1 Å². The van der Waals surface area contributed by atoms with E-state index >= 15 is 0 Å². The molecule has 1 heterocycles. The van der Waals surface area contributed by atoms with Gasteiger partial charge in [0, 0.05) is 13.1 Å². The highest BCUT2D eigenvalue weighted by atomic mass is 16.7. The van der Waals surface area contributed by atoms with E-state index in [9.17, 15) is 9.59 Å². The molecule has 0 N–H and O–H groups in total. The van der Waals surface area contributed by atoms with Crippen molar-refractivity contribution >= 4 is 11.9 Å². The van der Waals surface area contributed by atoms with Gasteiger partial charge >= 0.3 is 5.97 Å². The molecule has 1 aromatic carbocycles. The van der Waals surface area contributed by atoms with Crippen molar-refractivity contribution in [2.45, 2.75) is 39.5 Å². The van der Waals surface area contributed by atoms with E-state index in [1.807, 2.05) is 30.0 Å². The Bertz CT molecular complexity index is 660. The molecule has 6 nitrogen and oxygen atoms in total. The molecule has 6 heteroatoms. The van der Waals surface area contributed by atoms with Crippen molar-refractivity contribution in [3.63, 3.8) is 0 Å². The zero-order valence-electron chi connectivity index (χ0n) is 15.5. The molecule has 2 aliphatic rings. The summed E-state index contributed by atoms with van der Waals surface area (Å²) in [7, 11) is 0. The standard InChI is InChI=1S/C20H27NO5/c1-3-5-8-21(12-15-11-16(15)20(23)24-4-2)19(22)10-14-6-7-17-18(9-14)26-13-25-17/h6-7,9,15-16H,3-5,8,10-13H2,1-2H3. The molecule has 1 aliphatic heterocycles. The first-order valence-corrected chi connectivity index (χ1v) is 9.45. The zero-order chi connectivity index (χ0) is 18.5. The minimum Gasteiger partial charge on any atom is -0.466 e. The molecule has 1 saturated carbocycles. The van der Waals surface area contributed by atoms with Gasteiger partial charge in [0.15, 0.2) is 11.5 Å². The van der Waals surface area contributed by atoms with Crippen LogP contribution in [0.15, 0.2) is 18.2 Å².